The van der Waals surface area contributed by atoms with Crippen molar-refractivity contribution >= 4 is 28.0 Å². The quantitative estimate of drug-likeness (QED) is 0.920. The van der Waals surface area contributed by atoms with E-state index in [-0.39, 0.29) is 6.03 Å². The van der Waals surface area contributed by atoms with Gasteiger partial charge >= 0.3 is 6.03 Å². The standard InChI is InChI=1S/C15H20BrN3O/c1-2-18-9-11-19(12-10-18)15(20)17-8-7-13-5-3-4-6-14(13)16/h3-8H,2,9-12H2,1H3,(H,17,20)/b8-7+. The number of hydrogen-bond acceptors (Lipinski definition) is 2. The van der Waals surface area contributed by atoms with Crippen molar-refractivity contribution < 1.29 is 4.79 Å². The molecule has 1 aliphatic rings. The highest BCUT2D eigenvalue weighted by Gasteiger charge is 2.18. The van der Waals surface area contributed by atoms with Crippen LogP contribution in [0.4, 0.5) is 4.79 Å². The Morgan fingerprint density at radius 3 is 2.65 bits per heavy atom. The molecule has 2 amide bonds. The van der Waals surface area contributed by atoms with E-state index in [2.05, 4.69) is 33.1 Å². The summed E-state index contributed by atoms with van der Waals surface area (Å²) in [6.07, 6.45) is 3.60. The van der Waals surface area contributed by atoms with E-state index >= 15 is 0 Å². The van der Waals surface area contributed by atoms with Gasteiger partial charge in [0.25, 0.3) is 0 Å². The van der Waals surface area contributed by atoms with E-state index in [1.165, 1.54) is 0 Å². The van der Waals surface area contributed by atoms with Crippen LogP contribution in [-0.2, 0) is 0 Å². The molecule has 1 aromatic carbocycles. The summed E-state index contributed by atoms with van der Waals surface area (Å²) in [5.74, 6) is 0. The van der Waals surface area contributed by atoms with E-state index in [1.54, 1.807) is 6.20 Å². The summed E-state index contributed by atoms with van der Waals surface area (Å²) < 4.78 is 1.02. The maximum Gasteiger partial charge on any atom is 0.321 e. The second kappa shape index (κ2) is 7.45. The van der Waals surface area contributed by atoms with Crippen molar-refractivity contribution in [1.29, 1.82) is 0 Å². The molecule has 4 nitrogen and oxygen atoms in total. The van der Waals surface area contributed by atoms with Crippen molar-refractivity contribution in [2.75, 3.05) is 32.7 Å². The van der Waals surface area contributed by atoms with Gasteiger partial charge in [-0.2, -0.15) is 0 Å². The van der Waals surface area contributed by atoms with Gasteiger partial charge in [-0.05, 0) is 24.3 Å². The Bertz CT molecular complexity index is 482. The van der Waals surface area contributed by atoms with E-state index in [4.69, 9.17) is 0 Å². The predicted octanol–water partition coefficient (Wildman–Crippen LogP) is 2.77. The highest BCUT2D eigenvalue weighted by molar-refractivity contribution is 9.10. The first-order valence-corrected chi connectivity index (χ1v) is 7.69. The van der Waals surface area contributed by atoms with Crippen LogP contribution in [0, 0.1) is 0 Å². The molecule has 0 aliphatic carbocycles. The van der Waals surface area contributed by atoms with E-state index in [0.717, 1.165) is 42.8 Å². The molecular weight excluding hydrogens is 318 g/mol. The molecule has 0 radical (unpaired) electrons. The minimum absolute atomic E-state index is 0.0240. The molecule has 2 rings (SSSR count). The van der Waals surface area contributed by atoms with Gasteiger partial charge in [0.05, 0.1) is 0 Å². The lowest BCUT2D eigenvalue weighted by molar-refractivity contribution is 0.145. The molecule has 1 heterocycles. The van der Waals surface area contributed by atoms with Crippen molar-refractivity contribution in [3.8, 4) is 0 Å². The zero-order valence-electron chi connectivity index (χ0n) is 11.7. The average Bonchev–Trinajstić information content (AvgIpc) is 2.49. The van der Waals surface area contributed by atoms with Crippen LogP contribution in [0.1, 0.15) is 12.5 Å². The Morgan fingerprint density at radius 1 is 1.30 bits per heavy atom. The maximum absolute atomic E-state index is 12.0. The molecule has 0 spiro atoms. The third-order valence-electron chi connectivity index (χ3n) is 3.48. The van der Waals surface area contributed by atoms with E-state index in [0.29, 0.717) is 0 Å². The fraction of sp³-hybridized carbons (Fsp3) is 0.400. The summed E-state index contributed by atoms with van der Waals surface area (Å²) in [5.41, 5.74) is 1.05. The van der Waals surface area contributed by atoms with Crippen LogP contribution in [0.5, 0.6) is 0 Å². The van der Waals surface area contributed by atoms with Gasteiger partial charge in [-0.3, -0.25) is 0 Å². The Balaban J connectivity index is 1.82. The zero-order valence-corrected chi connectivity index (χ0v) is 13.3. The van der Waals surface area contributed by atoms with E-state index < -0.39 is 0 Å². The highest BCUT2D eigenvalue weighted by Crippen LogP contribution is 2.16. The molecule has 1 saturated heterocycles. The molecule has 1 aliphatic heterocycles. The minimum atomic E-state index is -0.0240. The summed E-state index contributed by atoms with van der Waals surface area (Å²) in [6, 6.07) is 7.88. The van der Waals surface area contributed by atoms with Gasteiger partial charge in [-0.25, -0.2) is 4.79 Å². The number of piperazine rings is 1. The van der Waals surface area contributed by atoms with E-state index in [1.807, 2.05) is 35.2 Å². The number of likely N-dealkylation sites (N-methyl/N-ethyl adjacent to an activating group) is 1. The van der Waals surface area contributed by atoms with Gasteiger partial charge in [0.2, 0.25) is 0 Å². The molecule has 20 heavy (non-hydrogen) atoms. The Hall–Kier alpha value is -1.33. The lowest BCUT2D eigenvalue weighted by atomic mass is 10.2. The first-order chi connectivity index (χ1) is 9.70. The summed E-state index contributed by atoms with van der Waals surface area (Å²) in [5, 5.41) is 2.83. The summed E-state index contributed by atoms with van der Waals surface area (Å²) in [4.78, 5) is 16.2. The second-order valence-corrected chi connectivity index (χ2v) is 5.58. The number of urea groups is 1. The maximum atomic E-state index is 12.0. The second-order valence-electron chi connectivity index (χ2n) is 4.73. The van der Waals surface area contributed by atoms with Crippen LogP contribution in [0.15, 0.2) is 34.9 Å². The zero-order chi connectivity index (χ0) is 14.4. The molecule has 5 heteroatoms. The number of rotatable bonds is 3. The number of nitrogens with one attached hydrogen (secondary N) is 1. The van der Waals surface area contributed by atoms with Crippen LogP contribution in [0.3, 0.4) is 0 Å². The monoisotopic (exact) mass is 337 g/mol. The highest BCUT2D eigenvalue weighted by atomic mass is 79.9. The lowest BCUT2D eigenvalue weighted by Crippen LogP contribution is -2.50. The lowest BCUT2D eigenvalue weighted by Gasteiger charge is -2.33. The van der Waals surface area contributed by atoms with Gasteiger partial charge in [0.1, 0.15) is 0 Å². The molecule has 0 bridgehead atoms. The van der Waals surface area contributed by atoms with Crippen molar-refractivity contribution in [3.05, 3.63) is 40.5 Å². The van der Waals surface area contributed by atoms with Crippen LogP contribution in [0.2, 0.25) is 0 Å². The molecule has 1 aromatic rings. The summed E-state index contributed by atoms with van der Waals surface area (Å²) >= 11 is 3.47. The number of benzene rings is 1. The van der Waals surface area contributed by atoms with Crippen LogP contribution >= 0.6 is 15.9 Å². The molecular formula is C15H20BrN3O. The fourth-order valence-corrected chi connectivity index (χ4v) is 2.59. The first-order valence-electron chi connectivity index (χ1n) is 6.89. The first kappa shape index (κ1) is 15.1. The predicted molar refractivity (Wildman–Crippen MR) is 85.4 cm³/mol. The molecule has 0 unspecified atom stereocenters. The van der Waals surface area contributed by atoms with Crippen LogP contribution in [0.25, 0.3) is 6.08 Å². The smallest absolute Gasteiger partial charge is 0.321 e. The molecule has 0 saturated carbocycles. The molecule has 1 N–H and O–H groups in total. The van der Waals surface area contributed by atoms with E-state index in [9.17, 15) is 4.79 Å². The number of carbonyl (C=O) groups is 1. The Kier molecular flexibility index (Phi) is 5.61. The third kappa shape index (κ3) is 4.08. The number of amides is 2. The molecule has 0 atom stereocenters. The third-order valence-corrected chi connectivity index (χ3v) is 4.20. The Morgan fingerprint density at radius 2 is 2.00 bits per heavy atom. The van der Waals surface area contributed by atoms with Crippen LogP contribution < -0.4 is 5.32 Å². The van der Waals surface area contributed by atoms with Gasteiger partial charge in [-0.1, -0.05) is 41.1 Å². The van der Waals surface area contributed by atoms with Crippen molar-refractivity contribution in [1.82, 2.24) is 15.1 Å². The van der Waals surface area contributed by atoms with Gasteiger partial charge in [-0.15, -0.1) is 0 Å². The Labute approximate surface area is 128 Å². The molecule has 1 fully saturated rings. The van der Waals surface area contributed by atoms with Crippen molar-refractivity contribution in [2.45, 2.75) is 6.92 Å². The minimum Gasteiger partial charge on any atom is -0.322 e. The normalized spacial score (nSPS) is 16.6. The van der Waals surface area contributed by atoms with Gasteiger partial charge in [0, 0.05) is 36.9 Å². The summed E-state index contributed by atoms with van der Waals surface area (Å²) in [6.45, 7) is 6.70. The number of halogens is 1. The largest absolute Gasteiger partial charge is 0.322 e. The molecule has 108 valence electrons. The average molecular weight is 338 g/mol. The van der Waals surface area contributed by atoms with Gasteiger partial charge in [0.15, 0.2) is 0 Å². The fourth-order valence-electron chi connectivity index (χ4n) is 2.17. The van der Waals surface area contributed by atoms with Gasteiger partial charge < -0.3 is 15.1 Å². The number of hydrogen-bond donors (Lipinski definition) is 1. The van der Waals surface area contributed by atoms with Crippen molar-refractivity contribution in [3.63, 3.8) is 0 Å². The van der Waals surface area contributed by atoms with Crippen LogP contribution in [-0.4, -0.2) is 48.6 Å². The molecule has 0 aromatic heterocycles. The van der Waals surface area contributed by atoms with Crippen molar-refractivity contribution in [2.24, 2.45) is 0 Å². The number of nitrogens with zero attached hydrogens (tertiary/aromatic N) is 2. The summed E-state index contributed by atoms with van der Waals surface area (Å²) in [7, 11) is 0. The SMILES string of the molecule is CCN1CCN(C(=O)N/C=C/c2ccccc2Br)CC1. The number of carbonyl (C=O) groups excluding carboxylic acids is 1. The topological polar surface area (TPSA) is 35.6 Å².